The van der Waals surface area contributed by atoms with Crippen molar-refractivity contribution < 1.29 is 4.79 Å². The molecular formula is C14H24N2O. The van der Waals surface area contributed by atoms with Gasteiger partial charge in [0.25, 0.3) is 0 Å². The highest BCUT2D eigenvalue weighted by Gasteiger charge is 2.51. The fourth-order valence-electron chi connectivity index (χ4n) is 3.30. The molecule has 2 unspecified atom stereocenters. The Bertz CT molecular complexity index is 311. The summed E-state index contributed by atoms with van der Waals surface area (Å²) < 4.78 is 0. The standard InChI is InChI=1S/C14H24N2O/c1-8(2)10-5-6-11(7-10)15-14(17)13-12(16-13)9-3-4-9/h8-13,16H,3-7H2,1-2H3,(H,15,17)/t10?,11?,12-,13+/m0/s1. The molecule has 3 aliphatic rings. The molecule has 3 fully saturated rings. The number of amides is 1. The SMILES string of the molecule is CC(C)C1CCC(NC(=O)[C@@H]2N[C@H]2C2CC2)C1. The van der Waals surface area contributed by atoms with Gasteiger partial charge in [-0.2, -0.15) is 0 Å². The number of hydrogen-bond donors (Lipinski definition) is 2. The second-order valence-corrected chi connectivity index (χ2v) is 6.53. The van der Waals surface area contributed by atoms with Crippen LogP contribution in [-0.4, -0.2) is 24.0 Å². The van der Waals surface area contributed by atoms with Gasteiger partial charge in [-0.15, -0.1) is 0 Å². The molecule has 0 aromatic carbocycles. The van der Waals surface area contributed by atoms with E-state index in [0.29, 0.717) is 12.1 Å². The summed E-state index contributed by atoms with van der Waals surface area (Å²) in [6.45, 7) is 4.58. The Balaban J connectivity index is 1.43. The molecular weight excluding hydrogens is 212 g/mol. The highest BCUT2D eigenvalue weighted by molar-refractivity contribution is 5.86. The van der Waals surface area contributed by atoms with E-state index in [4.69, 9.17) is 0 Å². The molecule has 0 aromatic rings. The summed E-state index contributed by atoms with van der Waals surface area (Å²) in [5.41, 5.74) is 0. The predicted octanol–water partition coefficient (Wildman–Crippen LogP) is 1.68. The fraction of sp³-hybridized carbons (Fsp3) is 0.929. The Morgan fingerprint density at radius 2 is 2.00 bits per heavy atom. The monoisotopic (exact) mass is 236 g/mol. The van der Waals surface area contributed by atoms with E-state index in [1.54, 1.807) is 0 Å². The molecule has 3 nitrogen and oxygen atoms in total. The number of carbonyl (C=O) groups excluding carboxylic acids is 1. The molecule has 96 valence electrons. The number of hydrogen-bond acceptors (Lipinski definition) is 2. The van der Waals surface area contributed by atoms with Crippen molar-refractivity contribution >= 4 is 5.91 Å². The average Bonchev–Trinajstić information content (AvgIpc) is 3.15. The maximum absolute atomic E-state index is 12.0. The zero-order chi connectivity index (χ0) is 12.0. The molecule has 17 heavy (non-hydrogen) atoms. The molecule has 3 heteroatoms. The van der Waals surface area contributed by atoms with Crippen LogP contribution < -0.4 is 10.6 Å². The van der Waals surface area contributed by atoms with Crippen molar-refractivity contribution in [1.29, 1.82) is 0 Å². The molecule has 3 rings (SSSR count). The van der Waals surface area contributed by atoms with Crippen molar-refractivity contribution in [3.05, 3.63) is 0 Å². The third-order valence-electron chi connectivity index (χ3n) is 4.80. The second kappa shape index (κ2) is 4.27. The first-order chi connectivity index (χ1) is 8.15. The smallest absolute Gasteiger partial charge is 0.238 e. The van der Waals surface area contributed by atoms with Crippen LogP contribution in [0.1, 0.15) is 46.0 Å². The first-order valence-corrected chi connectivity index (χ1v) is 7.21. The maximum atomic E-state index is 12.0. The van der Waals surface area contributed by atoms with Gasteiger partial charge >= 0.3 is 0 Å². The summed E-state index contributed by atoms with van der Waals surface area (Å²) in [4.78, 5) is 12.0. The van der Waals surface area contributed by atoms with Gasteiger partial charge in [0.2, 0.25) is 5.91 Å². The number of rotatable bonds is 4. The molecule has 1 heterocycles. The summed E-state index contributed by atoms with van der Waals surface area (Å²) in [7, 11) is 0. The van der Waals surface area contributed by atoms with Gasteiger partial charge in [-0.1, -0.05) is 13.8 Å². The van der Waals surface area contributed by atoms with Gasteiger partial charge in [-0.25, -0.2) is 0 Å². The van der Waals surface area contributed by atoms with Gasteiger partial charge in [0.05, 0.1) is 0 Å². The summed E-state index contributed by atoms with van der Waals surface area (Å²) >= 11 is 0. The molecule has 2 saturated carbocycles. The van der Waals surface area contributed by atoms with Crippen LogP contribution in [-0.2, 0) is 4.79 Å². The minimum Gasteiger partial charge on any atom is -0.352 e. The van der Waals surface area contributed by atoms with Gasteiger partial charge in [0, 0.05) is 12.1 Å². The summed E-state index contributed by atoms with van der Waals surface area (Å²) in [6.07, 6.45) is 6.28. The van der Waals surface area contributed by atoms with E-state index in [1.807, 2.05) is 0 Å². The maximum Gasteiger partial charge on any atom is 0.238 e. The summed E-state index contributed by atoms with van der Waals surface area (Å²) in [5.74, 6) is 2.64. The average molecular weight is 236 g/mol. The zero-order valence-electron chi connectivity index (χ0n) is 10.9. The molecule has 1 aliphatic heterocycles. The van der Waals surface area contributed by atoms with Gasteiger partial charge in [0.15, 0.2) is 0 Å². The molecule has 2 aliphatic carbocycles. The molecule has 1 saturated heterocycles. The van der Waals surface area contributed by atoms with Crippen molar-refractivity contribution in [3.63, 3.8) is 0 Å². The van der Waals surface area contributed by atoms with Crippen LogP contribution in [0.2, 0.25) is 0 Å². The van der Waals surface area contributed by atoms with Crippen molar-refractivity contribution in [2.45, 2.75) is 64.1 Å². The first-order valence-electron chi connectivity index (χ1n) is 7.21. The minimum absolute atomic E-state index is 0.139. The van der Waals surface area contributed by atoms with E-state index < -0.39 is 0 Å². The third kappa shape index (κ3) is 2.49. The minimum atomic E-state index is 0.139. The quantitative estimate of drug-likeness (QED) is 0.730. The Morgan fingerprint density at radius 1 is 1.24 bits per heavy atom. The summed E-state index contributed by atoms with van der Waals surface area (Å²) in [5, 5.41) is 6.56. The molecule has 0 aromatic heterocycles. The molecule has 1 amide bonds. The van der Waals surface area contributed by atoms with Crippen molar-refractivity contribution in [1.82, 2.24) is 10.6 Å². The van der Waals surface area contributed by atoms with Crippen molar-refractivity contribution in [3.8, 4) is 0 Å². The van der Waals surface area contributed by atoms with Gasteiger partial charge in [0.1, 0.15) is 6.04 Å². The molecule has 0 spiro atoms. The molecule has 2 N–H and O–H groups in total. The predicted molar refractivity (Wildman–Crippen MR) is 67.5 cm³/mol. The Labute approximate surface area is 104 Å². The largest absolute Gasteiger partial charge is 0.352 e. The highest BCUT2D eigenvalue weighted by Crippen LogP contribution is 2.40. The Morgan fingerprint density at radius 3 is 2.59 bits per heavy atom. The third-order valence-corrected chi connectivity index (χ3v) is 4.80. The van der Waals surface area contributed by atoms with Crippen LogP contribution in [0.3, 0.4) is 0 Å². The zero-order valence-corrected chi connectivity index (χ0v) is 10.9. The Kier molecular flexibility index (Phi) is 2.89. The van der Waals surface area contributed by atoms with E-state index in [0.717, 1.165) is 17.8 Å². The van der Waals surface area contributed by atoms with Crippen LogP contribution >= 0.6 is 0 Å². The van der Waals surface area contributed by atoms with Crippen molar-refractivity contribution in [2.24, 2.45) is 17.8 Å². The topological polar surface area (TPSA) is 51.0 Å². The van der Waals surface area contributed by atoms with Gasteiger partial charge < -0.3 is 5.32 Å². The van der Waals surface area contributed by atoms with Crippen LogP contribution in [0.4, 0.5) is 0 Å². The number of carbonyl (C=O) groups is 1. The lowest BCUT2D eigenvalue weighted by Crippen LogP contribution is -2.37. The van der Waals surface area contributed by atoms with E-state index in [9.17, 15) is 4.79 Å². The van der Waals surface area contributed by atoms with E-state index in [-0.39, 0.29) is 11.9 Å². The van der Waals surface area contributed by atoms with E-state index in [1.165, 1.54) is 32.1 Å². The van der Waals surface area contributed by atoms with E-state index in [2.05, 4.69) is 24.5 Å². The number of nitrogens with one attached hydrogen (secondary N) is 2. The van der Waals surface area contributed by atoms with E-state index >= 15 is 0 Å². The first kappa shape index (κ1) is 11.5. The molecule has 4 atom stereocenters. The lowest BCUT2D eigenvalue weighted by atomic mass is 9.94. The normalized spacial score (nSPS) is 40.6. The van der Waals surface area contributed by atoms with Crippen LogP contribution in [0.15, 0.2) is 0 Å². The van der Waals surface area contributed by atoms with Crippen LogP contribution in [0.25, 0.3) is 0 Å². The Hall–Kier alpha value is -0.570. The lowest BCUT2D eigenvalue weighted by Gasteiger charge is -2.15. The highest BCUT2D eigenvalue weighted by atomic mass is 16.2. The van der Waals surface area contributed by atoms with Gasteiger partial charge in [-0.3, -0.25) is 10.1 Å². The second-order valence-electron chi connectivity index (χ2n) is 6.53. The molecule has 0 radical (unpaired) electrons. The van der Waals surface area contributed by atoms with Crippen molar-refractivity contribution in [2.75, 3.05) is 0 Å². The van der Waals surface area contributed by atoms with Crippen LogP contribution in [0.5, 0.6) is 0 Å². The summed E-state index contributed by atoms with van der Waals surface area (Å²) in [6, 6.07) is 1.09. The fourth-order valence-corrected chi connectivity index (χ4v) is 3.30. The van der Waals surface area contributed by atoms with Crippen LogP contribution in [0, 0.1) is 17.8 Å². The van der Waals surface area contributed by atoms with Gasteiger partial charge in [-0.05, 0) is 49.9 Å². The molecule has 0 bridgehead atoms. The lowest BCUT2D eigenvalue weighted by molar-refractivity contribution is -0.121.